The number of pyridine rings is 1. The van der Waals surface area contributed by atoms with E-state index in [1.165, 1.54) is 7.05 Å². The highest BCUT2D eigenvalue weighted by Crippen LogP contribution is 2.20. The van der Waals surface area contributed by atoms with Crippen LogP contribution in [-0.2, 0) is 11.4 Å². The predicted molar refractivity (Wildman–Crippen MR) is 75.1 cm³/mol. The molecule has 0 radical (unpaired) electrons. The Labute approximate surface area is 120 Å². The van der Waals surface area contributed by atoms with Crippen LogP contribution in [0.25, 0.3) is 0 Å². The normalized spacial score (nSPS) is 16.7. The van der Waals surface area contributed by atoms with Crippen molar-refractivity contribution in [1.29, 1.82) is 0 Å². The Hall–Kier alpha value is -1.47. The Bertz CT molecular complexity index is 480. The zero-order valence-corrected chi connectivity index (χ0v) is 11.9. The van der Waals surface area contributed by atoms with Gasteiger partial charge in [0.1, 0.15) is 5.15 Å². The second kappa shape index (κ2) is 6.63. The molecular weight excluding hydrogens is 288 g/mol. The van der Waals surface area contributed by atoms with E-state index in [1.807, 2.05) is 11.0 Å². The molecule has 0 aromatic carbocycles. The lowest BCUT2D eigenvalue weighted by atomic mass is 10.3. The first-order valence-corrected chi connectivity index (χ1v) is 7.00. The number of nitrogens with zero attached hydrogens (tertiary/aromatic N) is 3. The molecule has 19 heavy (non-hydrogen) atoms. The third-order valence-electron chi connectivity index (χ3n) is 2.44. The smallest absolute Gasteiger partial charge is 0.343 e. The molecule has 2 heterocycles. The van der Waals surface area contributed by atoms with Crippen molar-refractivity contribution in [2.75, 3.05) is 19.3 Å². The molecule has 1 amide bonds. The van der Waals surface area contributed by atoms with E-state index in [1.54, 1.807) is 24.0 Å². The fraction of sp³-hybridized carbons (Fsp3) is 0.364. The minimum Gasteiger partial charge on any atom is -0.343 e. The Morgan fingerprint density at radius 3 is 3.21 bits per heavy atom. The standard InChI is InChI=1S/C11H13ClN4O2S/c1-13-11(17)18-15-10-16(4-5-19-10)7-8-2-3-9(12)14-6-8/h2-3,6H,4-5,7H2,1H3,(H,13,17)/b15-10-. The Morgan fingerprint density at radius 1 is 1.68 bits per heavy atom. The van der Waals surface area contributed by atoms with E-state index in [-0.39, 0.29) is 0 Å². The summed E-state index contributed by atoms with van der Waals surface area (Å²) in [7, 11) is 1.49. The predicted octanol–water partition coefficient (Wildman–Crippen LogP) is 1.91. The lowest BCUT2D eigenvalue weighted by molar-refractivity contribution is 0.151. The van der Waals surface area contributed by atoms with Gasteiger partial charge in [0.2, 0.25) is 5.17 Å². The quantitative estimate of drug-likeness (QED) is 0.525. The number of amides is 1. The zero-order valence-electron chi connectivity index (χ0n) is 10.3. The zero-order chi connectivity index (χ0) is 13.7. The number of rotatable bonds is 3. The van der Waals surface area contributed by atoms with E-state index in [0.717, 1.165) is 17.9 Å². The molecule has 0 spiro atoms. The summed E-state index contributed by atoms with van der Waals surface area (Å²) >= 11 is 7.29. The van der Waals surface area contributed by atoms with Crippen molar-refractivity contribution in [3.05, 3.63) is 29.0 Å². The maximum atomic E-state index is 11.0. The van der Waals surface area contributed by atoms with Gasteiger partial charge < -0.3 is 10.2 Å². The average Bonchev–Trinajstić information content (AvgIpc) is 2.86. The Morgan fingerprint density at radius 2 is 2.53 bits per heavy atom. The number of thioether (sulfide) groups is 1. The van der Waals surface area contributed by atoms with E-state index >= 15 is 0 Å². The minimum absolute atomic E-state index is 0.469. The molecule has 1 N–H and O–H groups in total. The Kier molecular flexibility index (Phi) is 4.86. The first kappa shape index (κ1) is 14.0. The van der Waals surface area contributed by atoms with Gasteiger partial charge in [0.05, 0.1) is 0 Å². The molecule has 0 bridgehead atoms. The van der Waals surface area contributed by atoms with Crippen molar-refractivity contribution in [3.63, 3.8) is 0 Å². The van der Waals surface area contributed by atoms with Crippen LogP contribution < -0.4 is 5.32 Å². The molecule has 1 fully saturated rings. The first-order chi connectivity index (χ1) is 9.19. The first-order valence-electron chi connectivity index (χ1n) is 5.64. The Balaban J connectivity index is 1.98. The van der Waals surface area contributed by atoms with Crippen molar-refractivity contribution in [1.82, 2.24) is 15.2 Å². The van der Waals surface area contributed by atoms with Crippen LogP contribution in [0.1, 0.15) is 5.56 Å². The van der Waals surface area contributed by atoms with Gasteiger partial charge in [0.15, 0.2) is 0 Å². The molecule has 1 aromatic rings. The summed E-state index contributed by atoms with van der Waals surface area (Å²) in [5.74, 6) is 0.914. The minimum atomic E-state index is -0.576. The van der Waals surface area contributed by atoms with E-state index in [0.29, 0.717) is 16.9 Å². The SMILES string of the molecule is CNC(=O)O/N=C1\SCCN1Cc1ccc(Cl)nc1. The third-order valence-corrected chi connectivity index (χ3v) is 3.64. The van der Waals surface area contributed by atoms with E-state index < -0.39 is 6.09 Å². The number of amidine groups is 1. The monoisotopic (exact) mass is 300 g/mol. The van der Waals surface area contributed by atoms with Gasteiger partial charge >= 0.3 is 6.09 Å². The van der Waals surface area contributed by atoms with Crippen LogP contribution in [0.15, 0.2) is 23.5 Å². The summed E-state index contributed by atoms with van der Waals surface area (Å²) in [5.41, 5.74) is 1.03. The average molecular weight is 301 g/mol. The van der Waals surface area contributed by atoms with Crippen molar-refractivity contribution in [2.45, 2.75) is 6.54 Å². The topological polar surface area (TPSA) is 66.8 Å². The van der Waals surface area contributed by atoms with Gasteiger partial charge in [-0.3, -0.25) is 4.84 Å². The molecule has 0 unspecified atom stereocenters. The largest absolute Gasteiger partial charge is 0.433 e. The molecule has 1 saturated heterocycles. The van der Waals surface area contributed by atoms with Crippen molar-refractivity contribution in [3.8, 4) is 0 Å². The second-order valence-electron chi connectivity index (χ2n) is 3.76. The number of aromatic nitrogens is 1. The number of hydrogen-bond donors (Lipinski definition) is 1. The number of carbonyl (C=O) groups is 1. The maximum Gasteiger partial charge on any atom is 0.433 e. The lowest BCUT2D eigenvalue weighted by Gasteiger charge is -2.16. The van der Waals surface area contributed by atoms with Gasteiger partial charge in [-0.2, -0.15) is 0 Å². The van der Waals surface area contributed by atoms with E-state index in [2.05, 4.69) is 15.5 Å². The van der Waals surface area contributed by atoms with Crippen LogP contribution in [0, 0.1) is 0 Å². The highest BCUT2D eigenvalue weighted by molar-refractivity contribution is 8.14. The molecule has 0 saturated carbocycles. The summed E-state index contributed by atoms with van der Waals surface area (Å²) in [6, 6.07) is 3.66. The van der Waals surface area contributed by atoms with Crippen LogP contribution in [0.2, 0.25) is 5.15 Å². The lowest BCUT2D eigenvalue weighted by Crippen LogP contribution is -2.25. The van der Waals surface area contributed by atoms with Gasteiger partial charge in [-0.05, 0) is 16.8 Å². The fourth-order valence-electron chi connectivity index (χ4n) is 1.51. The number of halogens is 1. The molecule has 0 atom stereocenters. The molecule has 6 nitrogen and oxygen atoms in total. The van der Waals surface area contributed by atoms with Gasteiger partial charge in [-0.25, -0.2) is 9.78 Å². The van der Waals surface area contributed by atoms with Gasteiger partial charge in [-0.1, -0.05) is 29.4 Å². The van der Waals surface area contributed by atoms with Crippen LogP contribution in [0.5, 0.6) is 0 Å². The summed E-state index contributed by atoms with van der Waals surface area (Å²) < 4.78 is 0. The summed E-state index contributed by atoms with van der Waals surface area (Å²) in [6.45, 7) is 1.51. The molecule has 8 heteroatoms. The van der Waals surface area contributed by atoms with Crippen molar-refractivity contribution < 1.29 is 9.63 Å². The summed E-state index contributed by atoms with van der Waals surface area (Å²) in [4.78, 5) is 21.7. The second-order valence-corrected chi connectivity index (χ2v) is 5.21. The fourth-order valence-corrected chi connectivity index (χ4v) is 2.55. The molecule has 1 aliphatic rings. The number of carbonyl (C=O) groups excluding carboxylic acids is 1. The molecule has 0 aliphatic carbocycles. The van der Waals surface area contributed by atoms with E-state index in [4.69, 9.17) is 16.4 Å². The number of nitrogens with one attached hydrogen (secondary N) is 1. The molecule has 102 valence electrons. The van der Waals surface area contributed by atoms with Gasteiger partial charge in [0, 0.05) is 32.1 Å². The number of oxime groups is 1. The van der Waals surface area contributed by atoms with Crippen LogP contribution in [0.4, 0.5) is 4.79 Å². The summed E-state index contributed by atoms with van der Waals surface area (Å²) in [5, 5.41) is 7.34. The van der Waals surface area contributed by atoms with Crippen molar-refractivity contribution >= 4 is 34.6 Å². The third kappa shape index (κ3) is 4.00. The van der Waals surface area contributed by atoms with Gasteiger partial charge in [-0.15, -0.1) is 0 Å². The number of hydrogen-bond acceptors (Lipinski definition) is 5. The highest BCUT2D eigenvalue weighted by atomic mass is 35.5. The van der Waals surface area contributed by atoms with Crippen molar-refractivity contribution in [2.24, 2.45) is 5.16 Å². The molecule has 2 rings (SSSR count). The van der Waals surface area contributed by atoms with Gasteiger partial charge in [0.25, 0.3) is 0 Å². The molecule has 1 aromatic heterocycles. The van der Waals surface area contributed by atoms with Crippen LogP contribution in [0.3, 0.4) is 0 Å². The summed E-state index contributed by atoms with van der Waals surface area (Å²) in [6.07, 6.45) is 1.15. The highest BCUT2D eigenvalue weighted by Gasteiger charge is 2.21. The molecular formula is C11H13ClN4O2S. The van der Waals surface area contributed by atoms with Crippen LogP contribution in [-0.4, -0.2) is 40.5 Å². The molecule has 1 aliphatic heterocycles. The van der Waals surface area contributed by atoms with Crippen LogP contribution >= 0.6 is 23.4 Å². The van der Waals surface area contributed by atoms with E-state index in [9.17, 15) is 4.79 Å². The maximum absolute atomic E-state index is 11.0.